The van der Waals surface area contributed by atoms with Crippen molar-refractivity contribution < 1.29 is 14.6 Å². The highest BCUT2D eigenvalue weighted by atomic mass is 16.7. The minimum atomic E-state index is -0.962. The van der Waals surface area contributed by atoms with Crippen LogP contribution in [0.3, 0.4) is 0 Å². The molecule has 2 aliphatic rings. The lowest BCUT2D eigenvalue weighted by atomic mass is 9.84. The summed E-state index contributed by atoms with van der Waals surface area (Å²) < 4.78 is 11.6. The second-order valence-electron chi connectivity index (χ2n) is 7.50. The Hall–Kier alpha value is -1.74. The first kappa shape index (κ1) is 16.1. The normalized spacial score (nSPS) is 25.9. The molecule has 0 spiro atoms. The molecule has 0 aromatic heterocycles. The summed E-state index contributed by atoms with van der Waals surface area (Å²) in [6.45, 7) is 8.60. The Bertz CT molecular complexity index is 643. The molecule has 3 rings (SSSR count). The summed E-state index contributed by atoms with van der Waals surface area (Å²) in [5.41, 5.74) is 2.19. The van der Waals surface area contributed by atoms with E-state index < -0.39 is 11.4 Å². The molecule has 0 saturated heterocycles. The van der Waals surface area contributed by atoms with E-state index in [9.17, 15) is 5.11 Å². The Kier molecular flexibility index (Phi) is 3.80. The third-order valence-electron chi connectivity index (χ3n) is 4.99. The maximum absolute atomic E-state index is 11.3. The van der Waals surface area contributed by atoms with Crippen molar-refractivity contribution in [2.24, 2.45) is 5.41 Å². The van der Waals surface area contributed by atoms with Crippen LogP contribution in [0.5, 0.6) is 0 Å². The summed E-state index contributed by atoms with van der Waals surface area (Å²) in [7, 11) is 0. The van der Waals surface area contributed by atoms with Crippen LogP contribution in [0, 0.1) is 5.41 Å². The zero-order valence-electron chi connectivity index (χ0n) is 14.4. The van der Waals surface area contributed by atoms with Crippen LogP contribution in [0.2, 0.25) is 0 Å². The number of hydrogen-bond acceptors (Lipinski definition) is 3. The van der Waals surface area contributed by atoms with Gasteiger partial charge in [-0.1, -0.05) is 57.5 Å². The molecule has 0 saturated carbocycles. The zero-order valence-corrected chi connectivity index (χ0v) is 14.4. The lowest BCUT2D eigenvalue weighted by Gasteiger charge is -2.33. The van der Waals surface area contributed by atoms with Crippen molar-refractivity contribution in [2.45, 2.75) is 58.3 Å². The number of ether oxygens (including phenoxy) is 2. The third-order valence-corrected chi connectivity index (χ3v) is 4.99. The SMILES string of the molecule is CCC1(c2ccccc2C2(O)C=C(C(C)(C)C)CC2)OC=CO1. The average Bonchev–Trinajstić information content (AvgIpc) is 3.15. The van der Waals surface area contributed by atoms with Crippen LogP contribution in [-0.4, -0.2) is 5.11 Å². The van der Waals surface area contributed by atoms with Crippen molar-refractivity contribution in [3.8, 4) is 0 Å². The number of rotatable bonds is 3. The van der Waals surface area contributed by atoms with Gasteiger partial charge in [-0.15, -0.1) is 0 Å². The molecular weight excluding hydrogens is 288 g/mol. The van der Waals surface area contributed by atoms with Gasteiger partial charge in [0.2, 0.25) is 0 Å². The van der Waals surface area contributed by atoms with Crippen LogP contribution >= 0.6 is 0 Å². The molecule has 1 aliphatic heterocycles. The Balaban J connectivity index is 2.07. The molecule has 124 valence electrons. The highest BCUT2D eigenvalue weighted by Crippen LogP contribution is 2.47. The molecule has 23 heavy (non-hydrogen) atoms. The molecule has 0 bridgehead atoms. The lowest BCUT2D eigenvalue weighted by molar-refractivity contribution is -0.153. The first-order valence-electron chi connectivity index (χ1n) is 8.36. The monoisotopic (exact) mass is 314 g/mol. The maximum Gasteiger partial charge on any atom is 0.276 e. The molecule has 1 atom stereocenters. The largest absolute Gasteiger partial charge is 0.453 e. The number of hydrogen-bond donors (Lipinski definition) is 1. The number of benzene rings is 1. The zero-order chi connectivity index (χ0) is 16.7. The van der Waals surface area contributed by atoms with E-state index in [-0.39, 0.29) is 5.41 Å². The van der Waals surface area contributed by atoms with Crippen molar-refractivity contribution in [2.75, 3.05) is 0 Å². The van der Waals surface area contributed by atoms with Gasteiger partial charge in [-0.25, -0.2) is 0 Å². The molecule has 1 heterocycles. The van der Waals surface area contributed by atoms with Crippen LogP contribution < -0.4 is 0 Å². The van der Waals surface area contributed by atoms with Gasteiger partial charge in [0.05, 0.1) is 0 Å². The molecule has 1 aliphatic carbocycles. The summed E-state index contributed by atoms with van der Waals surface area (Å²) in [5, 5.41) is 11.3. The van der Waals surface area contributed by atoms with Crippen molar-refractivity contribution in [1.82, 2.24) is 0 Å². The van der Waals surface area contributed by atoms with Crippen molar-refractivity contribution in [3.05, 3.63) is 59.6 Å². The molecule has 0 radical (unpaired) electrons. The molecule has 1 aromatic rings. The predicted octanol–water partition coefficient (Wildman–Crippen LogP) is 4.72. The molecule has 3 nitrogen and oxygen atoms in total. The van der Waals surface area contributed by atoms with Gasteiger partial charge in [0.15, 0.2) is 0 Å². The van der Waals surface area contributed by atoms with E-state index in [2.05, 4.69) is 20.8 Å². The third kappa shape index (κ3) is 2.67. The van der Waals surface area contributed by atoms with Gasteiger partial charge in [-0.2, -0.15) is 0 Å². The quantitative estimate of drug-likeness (QED) is 0.820. The van der Waals surface area contributed by atoms with E-state index in [1.807, 2.05) is 37.3 Å². The van der Waals surface area contributed by atoms with Crippen LogP contribution in [0.1, 0.15) is 58.1 Å². The minimum absolute atomic E-state index is 0.0732. The predicted molar refractivity (Wildman–Crippen MR) is 90.4 cm³/mol. The van der Waals surface area contributed by atoms with Crippen LogP contribution in [0.4, 0.5) is 0 Å². The Labute approximate surface area is 138 Å². The van der Waals surface area contributed by atoms with Gasteiger partial charge in [0, 0.05) is 12.0 Å². The maximum atomic E-state index is 11.3. The van der Waals surface area contributed by atoms with Crippen molar-refractivity contribution in [1.29, 1.82) is 0 Å². The van der Waals surface area contributed by atoms with Gasteiger partial charge in [0.1, 0.15) is 18.1 Å². The molecule has 0 amide bonds. The average molecular weight is 314 g/mol. The van der Waals surface area contributed by atoms with Crippen LogP contribution in [0.25, 0.3) is 0 Å². The Morgan fingerprint density at radius 2 is 1.70 bits per heavy atom. The molecule has 1 aromatic carbocycles. The second kappa shape index (κ2) is 5.41. The topological polar surface area (TPSA) is 38.7 Å². The summed E-state index contributed by atoms with van der Waals surface area (Å²) in [4.78, 5) is 0. The molecular formula is C20H26O3. The van der Waals surface area contributed by atoms with E-state index in [1.54, 1.807) is 12.5 Å². The highest BCUT2D eigenvalue weighted by Gasteiger charge is 2.44. The fourth-order valence-corrected chi connectivity index (χ4v) is 3.54. The van der Waals surface area contributed by atoms with E-state index in [1.165, 1.54) is 5.57 Å². The van der Waals surface area contributed by atoms with E-state index in [0.29, 0.717) is 12.8 Å². The summed E-state index contributed by atoms with van der Waals surface area (Å²) in [6, 6.07) is 7.91. The van der Waals surface area contributed by atoms with Crippen LogP contribution in [0.15, 0.2) is 48.4 Å². The van der Waals surface area contributed by atoms with Crippen molar-refractivity contribution >= 4 is 0 Å². The smallest absolute Gasteiger partial charge is 0.276 e. The Morgan fingerprint density at radius 3 is 2.22 bits per heavy atom. The summed E-state index contributed by atoms with van der Waals surface area (Å²) in [5.74, 6) is -0.829. The second-order valence-corrected chi connectivity index (χ2v) is 7.50. The Morgan fingerprint density at radius 1 is 1.09 bits per heavy atom. The molecule has 3 heteroatoms. The standard InChI is InChI=1S/C20H26O3/c1-5-20(22-12-13-23-20)17-9-7-6-8-16(17)19(21)11-10-15(14-19)18(2,3)4/h6-9,12-14,21H,5,10-11H2,1-4H3. The molecule has 0 fully saturated rings. The number of allylic oxidation sites excluding steroid dienone is 1. The lowest BCUT2D eigenvalue weighted by Crippen LogP contribution is -2.32. The fraction of sp³-hybridized carbons (Fsp3) is 0.500. The molecule has 1 N–H and O–H groups in total. The van der Waals surface area contributed by atoms with Gasteiger partial charge < -0.3 is 14.6 Å². The minimum Gasteiger partial charge on any atom is -0.453 e. The highest BCUT2D eigenvalue weighted by molar-refractivity contribution is 5.42. The summed E-state index contributed by atoms with van der Waals surface area (Å²) in [6.07, 6.45) is 7.47. The molecule has 1 unspecified atom stereocenters. The van der Waals surface area contributed by atoms with Gasteiger partial charge >= 0.3 is 0 Å². The van der Waals surface area contributed by atoms with Gasteiger partial charge in [-0.3, -0.25) is 0 Å². The van der Waals surface area contributed by atoms with Crippen LogP contribution in [-0.2, 0) is 20.9 Å². The van der Waals surface area contributed by atoms with Gasteiger partial charge in [0.25, 0.3) is 5.79 Å². The van der Waals surface area contributed by atoms with Crippen molar-refractivity contribution in [3.63, 3.8) is 0 Å². The first-order chi connectivity index (χ1) is 10.8. The van der Waals surface area contributed by atoms with Gasteiger partial charge in [-0.05, 0) is 29.9 Å². The summed E-state index contributed by atoms with van der Waals surface area (Å²) >= 11 is 0. The number of aliphatic hydroxyl groups is 1. The first-order valence-corrected chi connectivity index (χ1v) is 8.36. The van der Waals surface area contributed by atoms with E-state index >= 15 is 0 Å². The van der Waals surface area contributed by atoms with E-state index in [0.717, 1.165) is 17.5 Å². The van der Waals surface area contributed by atoms with E-state index in [4.69, 9.17) is 9.47 Å². The fourth-order valence-electron chi connectivity index (χ4n) is 3.54.